The van der Waals surface area contributed by atoms with E-state index in [0.29, 0.717) is 17.7 Å². The number of urea groups is 1. The zero-order valence-corrected chi connectivity index (χ0v) is 15.9. The molecule has 3 rings (SSSR count). The number of benzene rings is 2. The van der Waals surface area contributed by atoms with Gasteiger partial charge in [0.2, 0.25) is 5.91 Å². The third kappa shape index (κ3) is 4.31. The first-order valence-electron chi connectivity index (χ1n) is 9.19. The molecule has 7 nitrogen and oxygen atoms in total. The van der Waals surface area contributed by atoms with Crippen molar-refractivity contribution >= 4 is 17.8 Å². The molecule has 2 aromatic carbocycles. The Balaban J connectivity index is 1.72. The van der Waals surface area contributed by atoms with Gasteiger partial charge in [0, 0.05) is 5.56 Å². The zero-order chi connectivity index (χ0) is 20.1. The van der Waals surface area contributed by atoms with Crippen LogP contribution in [0.25, 0.3) is 0 Å². The largest absolute Gasteiger partial charge is 0.494 e. The minimum Gasteiger partial charge on any atom is -0.494 e. The van der Waals surface area contributed by atoms with Gasteiger partial charge in [-0.25, -0.2) is 4.79 Å². The van der Waals surface area contributed by atoms with Crippen molar-refractivity contribution in [1.29, 1.82) is 0 Å². The second-order valence-corrected chi connectivity index (χ2v) is 6.49. The molecule has 0 saturated carbocycles. The summed E-state index contributed by atoms with van der Waals surface area (Å²) in [7, 11) is 0. The van der Waals surface area contributed by atoms with Crippen molar-refractivity contribution in [3.05, 3.63) is 65.2 Å². The number of rotatable bonds is 7. The van der Waals surface area contributed by atoms with Crippen LogP contribution in [0.5, 0.6) is 5.75 Å². The van der Waals surface area contributed by atoms with Crippen LogP contribution in [-0.2, 0) is 11.3 Å². The standard InChI is InChI=1S/C21H23N3O4/c1-3-28-17-10-8-15(9-11-17)14(2)23-20(26)18-7-5-4-6-16(18)13-24-19(25)12-22-21(24)27/h4-11,14H,3,12-13H2,1-2H3,(H,22,27)(H,23,26). The van der Waals surface area contributed by atoms with Gasteiger partial charge in [-0.1, -0.05) is 30.3 Å². The molecular formula is C21H23N3O4. The van der Waals surface area contributed by atoms with Crippen molar-refractivity contribution in [3.63, 3.8) is 0 Å². The molecule has 28 heavy (non-hydrogen) atoms. The SMILES string of the molecule is CCOc1ccc(C(C)NC(=O)c2ccccc2CN2C(=O)CNC2=O)cc1. The molecule has 1 atom stereocenters. The van der Waals surface area contributed by atoms with E-state index in [1.54, 1.807) is 24.3 Å². The lowest BCUT2D eigenvalue weighted by Gasteiger charge is -2.18. The smallest absolute Gasteiger partial charge is 0.324 e. The average molecular weight is 381 g/mol. The van der Waals surface area contributed by atoms with Crippen LogP contribution >= 0.6 is 0 Å². The summed E-state index contributed by atoms with van der Waals surface area (Å²) in [5, 5.41) is 5.45. The summed E-state index contributed by atoms with van der Waals surface area (Å²) < 4.78 is 5.44. The third-order valence-electron chi connectivity index (χ3n) is 4.57. The summed E-state index contributed by atoms with van der Waals surface area (Å²) in [5.41, 5.74) is 2.00. The Morgan fingerprint density at radius 2 is 1.89 bits per heavy atom. The monoisotopic (exact) mass is 381 g/mol. The van der Waals surface area contributed by atoms with Gasteiger partial charge in [0.1, 0.15) is 5.75 Å². The molecule has 1 fully saturated rings. The van der Waals surface area contributed by atoms with E-state index in [0.717, 1.165) is 16.2 Å². The van der Waals surface area contributed by atoms with E-state index in [1.807, 2.05) is 38.1 Å². The summed E-state index contributed by atoms with van der Waals surface area (Å²) >= 11 is 0. The number of carbonyl (C=O) groups is 3. The Morgan fingerprint density at radius 3 is 2.54 bits per heavy atom. The Labute approximate surface area is 163 Å². The number of ether oxygens (including phenoxy) is 1. The number of nitrogens with one attached hydrogen (secondary N) is 2. The molecule has 0 aliphatic carbocycles. The maximum Gasteiger partial charge on any atom is 0.324 e. The molecule has 1 saturated heterocycles. The Bertz CT molecular complexity index is 863. The lowest BCUT2D eigenvalue weighted by molar-refractivity contribution is -0.125. The van der Waals surface area contributed by atoms with E-state index in [1.165, 1.54) is 0 Å². The van der Waals surface area contributed by atoms with Crippen molar-refractivity contribution in [1.82, 2.24) is 15.5 Å². The van der Waals surface area contributed by atoms with Crippen LogP contribution in [-0.4, -0.2) is 35.9 Å². The summed E-state index contributed by atoms with van der Waals surface area (Å²) in [6, 6.07) is 13.9. The topological polar surface area (TPSA) is 87.7 Å². The van der Waals surface area contributed by atoms with E-state index in [4.69, 9.17) is 4.74 Å². The maximum atomic E-state index is 12.8. The minimum atomic E-state index is -0.442. The fourth-order valence-corrected chi connectivity index (χ4v) is 3.04. The first-order valence-corrected chi connectivity index (χ1v) is 9.19. The maximum absolute atomic E-state index is 12.8. The van der Waals surface area contributed by atoms with Crippen LogP contribution in [0.1, 0.15) is 41.4 Å². The van der Waals surface area contributed by atoms with Crippen LogP contribution in [0.15, 0.2) is 48.5 Å². The van der Waals surface area contributed by atoms with Crippen LogP contribution in [0.2, 0.25) is 0 Å². The van der Waals surface area contributed by atoms with Crippen LogP contribution in [0.3, 0.4) is 0 Å². The molecule has 0 bridgehead atoms. The van der Waals surface area contributed by atoms with Gasteiger partial charge in [0.15, 0.2) is 0 Å². The van der Waals surface area contributed by atoms with Crippen molar-refractivity contribution < 1.29 is 19.1 Å². The zero-order valence-electron chi connectivity index (χ0n) is 15.9. The van der Waals surface area contributed by atoms with Crippen molar-refractivity contribution in [3.8, 4) is 5.75 Å². The first kappa shape index (κ1) is 19.4. The van der Waals surface area contributed by atoms with Crippen molar-refractivity contribution in [2.75, 3.05) is 13.2 Å². The number of hydrogen-bond donors (Lipinski definition) is 2. The lowest BCUT2D eigenvalue weighted by atomic mass is 10.0. The molecule has 146 valence electrons. The van der Waals surface area contributed by atoms with Gasteiger partial charge < -0.3 is 15.4 Å². The second kappa shape index (κ2) is 8.56. The molecule has 0 radical (unpaired) electrons. The highest BCUT2D eigenvalue weighted by Gasteiger charge is 2.29. The van der Waals surface area contributed by atoms with Gasteiger partial charge >= 0.3 is 6.03 Å². The van der Waals surface area contributed by atoms with E-state index in [-0.39, 0.29) is 30.9 Å². The van der Waals surface area contributed by atoms with Gasteiger partial charge in [-0.15, -0.1) is 0 Å². The Morgan fingerprint density at radius 1 is 1.18 bits per heavy atom. The summed E-state index contributed by atoms with van der Waals surface area (Å²) in [6.07, 6.45) is 0. The van der Waals surface area contributed by atoms with Gasteiger partial charge in [-0.2, -0.15) is 0 Å². The molecule has 7 heteroatoms. The highest BCUT2D eigenvalue weighted by atomic mass is 16.5. The van der Waals surface area contributed by atoms with Gasteiger partial charge in [0.05, 0.1) is 25.7 Å². The Kier molecular flexibility index (Phi) is 5.93. The molecule has 1 heterocycles. The quantitative estimate of drug-likeness (QED) is 0.722. The summed E-state index contributed by atoms with van der Waals surface area (Å²) in [6.45, 7) is 4.47. The molecule has 1 unspecified atom stereocenters. The molecule has 2 aromatic rings. The predicted molar refractivity (Wildman–Crippen MR) is 104 cm³/mol. The summed E-state index contributed by atoms with van der Waals surface area (Å²) in [4.78, 5) is 37.6. The molecule has 1 aliphatic rings. The fraction of sp³-hybridized carbons (Fsp3) is 0.286. The predicted octanol–water partition coefficient (Wildman–Crippen LogP) is 2.63. The van der Waals surface area contributed by atoms with E-state index < -0.39 is 6.03 Å². The third-order valence-corrected chi connectivity index (χ3v) is 4.57. The van der Waals surface area contributed by atoms with Crippen LogP contribution in [0.4, 0.5) is 4.79 Å². The van der Waals surface area contributed by atoms with E-state index in [9.17, 15) is 14.4 Å². The van der Waals surface area contributed by atoms with Gasteiger partial charge in [-0.3, -0.25) is 14.5 Å². The molecular weight excluding hydrogens is 358 g/mol. The molecule has 0 spiro atoms. The van der Waals surface area contributed by atoms with Gasteiger partial charge in [0.25, 0.3) is 5.91 Å². The number of imide groups is 1. The average Bonchev–Trinajstić information content (AvgIpc) is 3.01. The Hall–Kier alpha value is -3.35. The van der Waals surface area contributed by atoms with Crippen molar-refractivity contribution in [2.24, 2.45) is 0 Å². The van der Waals surface area contributed by atoms with Gasteiger partial charge in [-0.05, 0) is 43.2 Å². The van der Waals surface area contributed by atoms with Crippen LogP contribution in [0, 0.1) is 0 Å². The molecule has 1 aliphatic heterocycles. The summed E-state index contributed by atoms with van der Waals surface area (Å²) in [5.74, 6) is 0.218. The van der Waals surface area contributed by atoms with E-state index in [2.05, 4.69) is 10.6 Å². The highest BCUT2D eigenvalue weighted by molar-refractivity contribution is 6.02. The van der Waals surface area contributed by atoms with Crippen molar-refractivity contribution in [2.45, 2.75) is 26.4 Å². The number of hydrogen-bond acceptors (Lipinski definition) is 4. The normalized spacial score (nSPS) is 14.6. The molecule has 4 amide bonds. The highest BCUT2D eigenvalue weighted by Crippen LogP contribution is 2.19. The minimum absolute atomic E-state index is 0.0119. The van der Waals surface area contributed by atoms with E-state index >= 15 is 0 Å². The molecule has 2 N–H and O–H groups in total. The van der Waals surface area contributed by atoms with Crippen LogP contribution < -0.4 is 15.4 Å². The molecule has 0 aromatic heterocycles. The number of carbonyl (C=O) groups excluding carboxylic acids is 3. The first-order chi connectivity index (χ1) is 13.5. The fourth-order valence-electron chi connectivity index (χ4n) is 3.04. The lowest BCUT2D eigenvalue weighted by Crippen LogP contribution is -2.32. The second-order valence-electron chi connectivity index (χ2n) is 6.49. The number of nitrogens with zero attached hydrogens (tertiary/aromatic N) is 1. The number of amides is 4.